The summed E-state index contributed by atoms with van der Waals surface area (Å²) in [5, 5.41) is 10.3. The van der Waals surface area contributed by atoms with Gasteiger partial charge in [-0.15, -0.1) is 0 Å². The van der Waals surface area contributed by atoms with Gasteiger partial charge in [-0.25, -0.2) is 0 Å². The van der Waals surface area contributed by atoms with Crippen molar-refractivity contribution in [3.63, 3.8) is 0 Å². The Morgan fingerprint density at radius 2 is 1.56 bits per heavy atom. The van der Waals surface area contributed by atoms with Gasteiger partial charge in [0.2, 0.25) is 0 Å². The lowest BCUT2D eigenvalue weighted by atomic mass is 9.98. The summed E-state index contributed by atoms with van der Waals surface area (Å²) in [6.45, 7) is 15.6. The van der Waals surface area contributed by atoms with Gasteiger partial charge in [-0.2, -0.15) is 0 Å². The molecule has 2 unspecified atom stereocenters. The number of esters is 1. The van der Waals surface area contributed by atoms with Gasteiger partial charge in [0.1, 0.15) is 5.60 Å². The smallest absolute Gasteiger partial charge is 0.310 e. The molecular weight excluding hydrogens is 312 g/mol. The molecule has 0 aliphatic carbocycles. The van der Waals surface area contributed by atoms with Gasteiger partial charge in [0.05, 0.1) is 12.0 Å². The Kier molecular flexibility index (Phi) is 10.4. The second-order valence-corrected chi connectivity index (χ2v) is 7.59. The average molecular weight is 349 g/mol. The Hall–Kier alpha value is -1.61. The molecule has 2 atom stereocenters. The Morgan fingerprint density at radius 1 is 1.04 bits per heavy atom. The van der Waals surface area contributed by atoms with Crippen LogP contribution in [-0.2, 0) is 9.53 Å². The van der Waals surface area contributed by atoms with Crippen molar-refractivity contribution in [3.05, 3.63) is 48.1 Å². The fourth-order valence-corrected chi connectivity index (χ4v) is 2.29. The Bertz CT molecular complexity index is 515. The third kappa shape index (κ3) is 12.4. The van der Waals surface area contributed by atoms with E-state index in [0.29, 0.717) is 12.8 Å². The quantitative estimate of drug-likeness (QED) is 0.387. The molecule has 3 heteroatoms. The van der Waals surface area contributed by atoms with Gasteiger partial charge in [-0.3, -0.25) is 4.79 Å². The molecule has 0 spiro atoms. The second kappa shape index (κ2) is 11.1. The molecule has 0 heterocycles. The Balaban J connectivity index is 4.49. The van der Waals surface area contributed by atoms with E-state index in [1.165, 1.54) is 11.1 Å². The molecule has 0 aliphatic heterocycles. The number of allylic oxidation sites excluding steroid dienone is 4. The van der Waals surface area contributed by atoms with E-state index in [4.69, 9.17) is 4.74 Å². The van der Waals surface area contributed by atoms with Crippen LogP contribution in [0.4, 0.5) is 0 Å². The third-order valence-electron chi connectivity index (χ3n) is 3.94. The number of aliphatic hydroxyl groups is 1. The normalized spacial score (nSPS) is 15.8. The number of ether oxygens (including phenoxy) is 1. The lowest BCUT2D eigenvalue weighted by Crippen LogP contribution is -2.29. The predicted molar refractivity (Wildman–Crippen MR) is 106 cm³/mol. The molecule has 0 bridgehead atoms. The molecule has 0 aromatic carbocycles. The van der Waals surface area contributed by atoms with Crippen molar-refractivity contribution in [1.29, 1.82) is 0 Å². The molecule has 0 fully saturated rings. The summed E-state index contributed by atoms with van der Waals surface area (Å²) in [7, 11) is 0. The van der Waals surface area contributed by atoms with Crippen LogP contribution in [0, 0.1) is 0 Å². The zero-order valence-electron chi connectivity index (χ0n) is 16.9. The highest BCUT2D eigenvalue weighted by molar-refractivity contribution is 5.71. The monoisotopic (exact) mass is 348 g/mol. The van der Waals surface area contributed by atoms with Crippen LogP contribution in [0.5, 0.6) is 0 Å². The maximum Gasteiger partial charge on any atom is 0.310 e. The number of hydrogen-bond donors (Lipinski definition) is 1. The van der Waals surface area contributed by atoms with E-state index in [1.54, 1.807) is 25.2 Å². The van der Waals surface area contributed by atoms with Gasteiger partial charge >= 0.3 is 5.97 Å². The van der Waals surface area contributed by atoms with Gasteiger partial charge in [-0.1, -0.05) is 42.0 Å². The van der Waals surface area contributed by atoms with Gasteiger partial charge in [0.15, 0.2) is 0 Å². The molecular formula is C22H36O3. The lowest BCUT2D eigenvalue weighted by molar-refractivity contribution is -0.153. The van der Waals surface area contributed by atoms with E-state index in [2.05, 4.69) is 18.7 Å². The third-order valence-corrected chi connectivity index (χ3v) is 3.94. The van der Waals surface area contributed by atoms with Crippen LogP contribution in [0.1, 0.15) is 73.6 Å². The molecule has 0 aliphatic rings. The standard InChI is InChI=1S/C22H36O3/c1-8-22(7,17-10-13-19(4)5)25-20(23)14-11-16-21(6,24)15-9-12-18(2)3/h8,11-13,16,24H,1,9-10,14-15,17H2,2-7H3. The van der Waals surface area contributed by atoms with Gasteiger partial charge in [-0.05, 0) is 73.3 Å². The second-order valence-electron chi connectivity index (χ2n) is 7.59. The molecule has 3 nitrogen and oxygen atoms in total. The first-order valence-electron chi connectivity index (χ1n) is 9.02. The number of hydrogen-bond acceptors (Lipinski definition) is 3. The van der Waals surface area contributed by atoms with Crippen LogP contribution in [-0.4, -0.2) is 22.3 Å². The topological polar surface area (TPSA) is 46.5 Å². The van der Waals surface area contributed by atoms with Crippen LogP contribution in [0.2, 0.25) is 0 Å². The molecule has 142 valence electrons. The highest BCUT2D eigenvalue weighted by Gasteiger charge is 2.24. The van der Waals surface area contributed by atoms with Gasteiger partial charge < -0.3 is 9.84 Å². The van der Waals surface area contributed by atoms with Crippen molar-refractivity contribution in [1.82, 2.24) is 0 Å². The first kappa shape index (κ1) is 23.4. The predicted octanol–water partition coefficient (Wildman–Crippen LogP) is 5.66. The maximum absolute atomic E-state index is 12.1. The van der Waals surface area contributed by atoms with Crippen LogP contribution < -0.4 is 0 Å². The van der Waals surface area contributed by atoms with Crippen molar-refractivity contribution in [2.75, 3.05) is 0 Å². The van der Waals surface area contributed by atoms with Crippen LogP contribution in [0.3, 0.4) is 0 Å². The molecule has 25 heavy (non-hydrogen) atoms. The van der Waals surface area contributed by atoms with Crippen molar-refractivity contribution in [2.45, 2.75) is 84.8 Å². The summed E-state index contributed by atoms with van der Waals surface area (Å²) in [5.41, 5.74) is 0.900. The lowest BCUT2D eigenvalue weighted by Gasteiger charge is -2.25. The zero-order chi connectivity index (χ0) is 19.5. The van der Waals surface area contributed by atoms with Gasteiger partial charge in [0, 0.05) is 0 Å². The molecule has 1 N–H and O–H groups in total. The van der Waals surface area contributed by atoms with Crippen LogP contribution in [0.25, 0.3) is 0 Å². The van der Waals surface area contributed by atoms with Crippen molar-refractivity contribution < 1.29 is 14.6 Å². The first-order chi connectivity index (χ1) is 11.5. The van der Waals surface area contributed by atoms with Crippen molar-refractivity contribution in [2.24, 2.45) is 0 Å². The largest absolute Gasteiger partial charge is 0.455 e. The fraction of sp³-hybridized carbons (Fsp3) is 0.591. The molecule has 0 amide bonds. The number of carbonyl (C=O) groups is 1. The van der Waals surface area contributed by atoms with Crippen molar-refractivity contribution in [3.8, 4) is 0 Å². The van der Waals surface area contributed by atoms with E-state index in [-0.39, 0.29) is 12.4 Å². The van der Waals surface area contributed by atoms with Crippen LogP contribution >= 0.6 is 0 Å². The van der Waals surface area contributed by atoms with E-state index >= 15 is 0 Å². The molecule has 0 radical (unpaired) electrons. The molecule has 0 aromatic heterocycles. The zero-order valence-corrected chi connectivity index (χ0v) is 16.9. The van der Waals surface area contributed by atoms with E-state index in [1.807, 2.05) is 34.6 Å². The Morgan fingerprint density at radius 3 is 2.04 bits per heavy atom. The maximum atomic E-state index is 12.1. The molecule has 0 aromatic rings. The number of rotatable bonds is 11. The summed E-state index contributed by atoms with van der Waals surface area (Å²) in [6, 6.07) is 0. The minimum atomic E-state index is -0.919. The van der Waals surface area contributed by atoms with Crippen molar-refractivity contribution >= 4 is 5.97 Å². The van der Waals surface area contributed by atoms with Crippen LogP contribution in [0.15, 0.2) is 48.1 Å². The summed E-state index contributed by atoms with van der Waals surface area (Å²) < 4.78 is 5.57. The van der Waals surface area contributed by atoms with Gasteiger partial charge in [0.25, 0.3) is 0 Å². The summed E-state index contributed by atoms with van der Waals surface area (Å²) in [6.07, 6.45) is 12.4. The minimum absolute atomic E-state index is 0.144. The highest BCUT2D eigenvalue weighted by Crippen LogP contribution is 2.21. The summed E-state index contributed by atoms with van der Waals surface area (Å²) in [5.74, 6) is -0.309. The summed E-state index contributed by atoms with van der Waals surface area (Å²) >= 11 is 0. The number of carbonyl (C=O) groups excluding carboxylic acids is 1. The molecule has 0 rings (SSSR count). The average Bonchev–Trinajstić information content (AvgIpc) is 2.45. The highest BCUT2D eigenvalue weighted by atomic mass is 16.6. The first-order valence-corrected chi connectivity index (χ1v) is 9.02. The summed E-state index contributed by atoms with van der Waals surface area (Å²) in [4.78, 5) is 12.1. The van der Waals surface area contributed by atoms with E-state index in [0.717, 1.165) is 12.8 Å². The van der Waals surface area contributed by atoms with E-state index in [9.17, 15) is 9.90 Å². The van der Waals surface area contributed by atoms with E-state index < -0.39 is 11.2 Å². The fourth-order valence-electron chi connectivity index (χ4n) is 2.29. The SMILES string of the molecule is C=CC(C)(CCC=C(C)C)OC(=O)CC=CC(C)(O)CCC=C(C)C. The molecule has 0 saturated carbocycles. The Labute approximate surface area is 154 Å². The minimum Gasteiger partial charge on any atom is -0.455 e. The molecule has 0 saturated heterocycles.